The predicted octanol–water partition coefficient (Wildman–Crippen LogP) is 1.67. The second-order valence-electron chi connectivity index (χ2n) is 4.99. The zero-order valence-electron chi connectivity index (χ0n) is 10.6. The Balaban J connectivity index is 2.16. The van der Waals surface area contributed by atoms with Crippen LogP contribution in [0.25, 0.3) is 0 Å². The van der Waals surface area contributed by atoms with Crippen LogP contribution in [0.2, 0.25) is 0 Å². The number of aromatic nitrogens is 3. The van der Waals surface area contributed by atoms with E-state index >= 15 is 0 Å². The molecule has 1 aromatic heterocycles. The molecule has 0 saturated carbocycles. The van der Waals surface area contributed by atoms with Crippen LogP contribution in [0.15, 0.2) is 0 Å². The summed E-state index contributed by atoms with van der Waals surface area (Å²) in [5.41, 5.74) is 1.64. The minimum Gasteiger partial charge on any atom is -0.390 e. The number of hydrogen-bond acceptors (Lipinski definition) is 4. The highest BCUT2D eigenvalue weighted by Gasteiger charge is 2.26. The van der Waals surface area contributed by atoms with Gasteiger partial charge in [0.1, 0.15) is 11.8 Å². The van der Waals surface area contributed by atoms with E-state index in [1.54, 1.807) is 0 Å². The van der Waals surface area contributed by atoms with Gasteiger partial charge in [0, 0.05) is 13.2 Å². The summed E-state index contributed by atoms with van der Waals surface area (Å²) >= 11 is 0. The summed E-state index contributed by atoms with van der Waals surface area (Å²) in [6.45, 7) is 5.97. The van der Waals surface area contributed by atoms with E-state index in [-0.39, 0.29) is 12.7 Å². The third-order valence-electron chi connectivity index (χ3n) is 3.15. The van der Waals surface area contributed by atoms with Crippen molar-refractivity contribution < 1.29 is 9.84 Å². The molecule has 0 bridgehead atoms. The monoisotopic (exact) mass is 239 g/mol. The second kappa shape index (κ2) is 5.60. The minimum absolute atomic E-state index is 0.0587. The van der Waals surface area contributed by atoms with E-state index in [0.29, 0.717) is 11.6 Å². The largest absolute Gasteiger partial charge is 0.390 e. The van der Waals surface area contributed by atoms with Gasteiger partial charge in [0.2, 0.25) is 0 Å². The molecule has 0 radical (unpaired) electrons. The number of hydrogen-bond donors (Lipinski definition) is 1. The Morgan fingerprint density at radius 3 is 2.94 bits per heavy atom. The number of ether oxygens (including phenoxy) is 1. The minimum atomic E-state index is -0.0587. The molecule has 1 fully saturated rings. The second-order valence-corrected chi connectivity index (χ2v) is 4.99. The number of rotatable bonds is 5. The van der Waals surface area contributed by atoms with Gasteiger partial charge in [-0.2, -0.15) is 0 Å². The Hall–Kier alpha value is -0.940. The molecule has 1 aliphatic heterocycles. The zero-order valence-corrected chi connectivity index (χ0v) is 10.6. The van der Waals surface area contributed by atoms with Crippen LogP contribution in [0.3, 0.4) is 0 Å². The highest BCUT2D eigenvalue weighted by atomic mass is 16.5. The van der Waals surface area contributed by atoms with E-state index in [0.717, 1.165) is 38.1 Å². The quantitative estimate of drug-likeness (QED) is 0.849. The molecule has 2 heterocycles. The lowest BCUT2D eigenvalue weighted by atomic mass is 10.1. The lowest BCUT2D eigenvalue weighted by Crippen LogP contribution is -2.12. The van der Waals surface area contributed by atoms with E-state index < -0.39 is 0 Å². The molecular formula is C12H21N3O2. The maximum Gasteiger partial charge on any atom is 0.114 e. The molecule has 1 aromatic rings. The Kier molecular flexibility index (Phi) is 4.12. The zero-order chi connectivity index (χ0) is 12.3. The maximum atomic E-state index is 9.30. The summed E-state index contributed by atoms with van der Waals surface area (Å²) in [4.78, 5) is 0. The van der Waals surface area contributed by atoms with Gasteiger partial charge in [0.05, 0.1) is 12.3 Å². The first kappa shape index (κ1) is 12.5. The molecule has 2 rings (SSSR count). The first-order valence-electron chi connectivity index (χ1n) is 6.37. The third kappa shape index (κ3) is 2.84. The average Bonchev–Trinajstić information content (AvgIpc) is 2.94. The van der Waals surface area contributed by atoms with Crippen molar-refractivity contribution in [1.82, 2.24) is 15.0 Å². The lowest BCUT2D eigenvalue weighted by Gasteiger charge is -2.13. The third-order valence-corrected chi connectivity index (χ3v) is 3.15. The molecule has 5 heteroatoms. The van der Waals surface area contributed by atoms with Crippen LogP contribution in [0.1, 0.15) is 50.6 Å². The van der Waals surface area contributed by atoms with Gasteiger partial charge < -0.3 is 9.84 Å². The molecule has 5 nitrogen and oxygen atoms in total. The highest BCUT2D eigenvalue weighted by Crippen LogP contribution is 2.30. The maximum absolute atomic E-state index is 9.30. The van der Waals surface area contributed by atoms with Crippen molar-refractivity contribution in [3.63, 3.8) is 0 Å². The molecule has 96 valence electrons. The highest BCUT2D eigenvalue weighted by molar-refractivity contribution is 5.13. The van der Waals surface area contributed by atoms with Crippen molar-refractivity contribution in [3.8, 4) is 0 Å². The summed E-state index contributed by atoms with van der Waals surface area (Å²) in [5.74, 6) is 0.633. The summed E-state index contributed by atoms with van der Waals surface area (Å²) in [6, 6.07) is 0. The van der Waals surface area contributed by atoms with Crippen molar-refractivity contribution in [2.24, 2.45) is 5.92 Å². The average molecular weight is 239 g/mol. The van der Waals surface area contributed by atoms with Crippen LogP contribution in [0.5, 0.6) is 0 Å². The van der Waals surface area contributed by atoms with Crippen molar-refractivity contribution in [2.45, 2.75) is 52.4 Å². The fourth-order valence-corrected chi connectivity index (χ4v) is 2.16. The Morgan fingerprint density at radius 2 is 2.35 bits per heavy atom. The Labute approximate surface area is 102 Å². The molecular weight excluding hydrogens is 218 g/mol. The van der Waals surface area contributed by atoms with Crippen molar-refractivity contribution >= 4 is 0 Å². The van der Waals surface area contributed by atoms with Gasteiger partial charge in [0.25, 0.3) is 0 Å². The van der Waals surface area contributed by atoms with Gasteiger partial charge in [-0.15, -0.1) is 5.10 Å². The van der Waals surface area contributed by atoms with Crippen LogP contribution >= 0.6 is 0 Å². The number of aliphatic hydroxyl groups excluding tert-OH is 1. The number of nitrogens with zero attached hydrogens (tertiary/aromatic N) is 3. The first-order chi connectivity index (χ1) is 8.22. The summed E-state index contributed by atoms with van der Waals surface area (Å²) in [7, 11) is 0. The molecule has 0 amide bonds. The molecule has 1 atom stereocenters. The number of aliphatic hydroxyl groups is 1. The molecule has 0 spiro atoms. The summed E-state index contributed by atoms with van der Waals surface area (Å²) in [6.07, 6.45) is 3.21. The summed E-state index contributed by atoms with van der Waals surface area (Å²) < 4.78 is 7.58. The molecule has 0 aliphatic carbocycles. The van der Waals surface area contributed by atoms with Gasteiger partial charge in [-0.05, 0) is 25.2 Å². The topological polar surface area (TPSA) is 60.2 Å². The molecule has 0 aromatic carbocycles. The van der Waals surface area contributed by atoms with Gasteiger partial charge in [-0.25, -0.2) is 4.68 Å². The van der Waals surface area contributed by atoms with E-state index in [9.17, 15) is 5.11 Å². The predicted molar refractivity (Wildman–Crippen MR) is 63.3 cm³/mol. The van der Waals surface area contributed by atoms with Gasteiger partial charge in [0.15, 0.2) is 0 Å². The molecule has 1 aliphatic rings. The normalized spacial score (nSPS) is 20.4. The molecule has 1 unspecified atom stereocenters. The molecule has 17 heavy (non-hydrogen) atoms. The standard InChI is InChI=1S/C12H21N3O2/c1-9(2)5-6-15-12(10(8-16)13-14-15)11-4-3-7-17-11/h9,11,16H,3-8H2,1-2H3. The first-order valence-corrected chi connectivity index (χ1v) is 6.37. The van der Waals surface area contributed by atoms with Gasteiger partial charge >= 0.3 is 0 Å². The van der Waals surface area contributed by atoms with Crippen molar-refractivity contribution in [3.05, 3.63) is 11.4 Å². The number of aryl methyl sites for hydroxylation is 1. The molecule has 1 saturated heterocycles. The Bertz CT molecular complexity index is 357. The molecule has 1 N–H and O–H groups in total. The van der Waals surface area contributed by atoms with Gasteiger partial charge in [-0.3, -0.25) is 0 Å². The van der Waals surface area contributed by atoms with Crippen LogP contribution in [0, 0.1) is 5.92 Å². The summed E-state index contributed by atoms with van der Waals surface area (Å²) in [5, 5.41) is 17.5. The van der Waals surface area contributed by atoms with Crippen molar-refractivity contribution in [2.75, 3.05) is 6.61 Å². The smallest absolute Gasteiger partial charge is 0.114 e. The Morgan fingerprint density at radius 1 is 1.53 bits per heavy atom. The van der Waals surface area contributed by atoms with Crippen LogP contribution in [-0.4, -0.2) is 26.7 Å². The fraction of sp³-hybridized carbons (Fsp3) is 0.833. The van der Waals surface area contributed by atoms with Crippen LogP contribution < -0.4 is 0 Å². The van der Waals surface area contributed by atoms with E-state index in [4.69, 9.17) is 4.74 Å². The van der Waals surface area contributed by atoms with E-state index in [1.807, 2.05) is 4.68 Å². The van der Waals surface area contributed by atoms with Gasteiger partial charge in [-0.1, -0.05) is 19.1 Å². The lowest BCUT2D eigenvalue weighted by molar-refractivity contribution is 0.102. The van der Waals surface area contributed by atoms with Crippen LogP contribution in [0.4, 0.5) is 0 Å². The van der Waals surface area contributed by atoms with Crippen molar-refractivity contribution in [1.29, 1.82) is 0 Å². The fourth-order valence-electron chi connectivity index (χ4n) is 2.16. The van der Waals surface area contributed by atoms with E-state index in [1.165, 1.54) is 0 Å². The van der Waals surface area contributed by atoms with Crippen LogP contribution in [-0.2, 0) is 17.9 Å². The SMILES string of the molecule is CC(C)CCn1nnc(CO)c1C1CCCO1. The van der Waals surface area contributed by atoms with E-state index in [2.05, 4.69) is 24.2 Å².